The van der Waals surface area contributed by atoms with Gasteiger partial charge in [0, 0.05) is 0 Å². The summed E-state index contributed by atoms with van der Waals surface area (Å²) < 4.78 is 39.6. The maximum absolute atomic E-state index is 11.6. The highest BCUT2D eigenvalue weighted by atomic mass is 79.9. The van der Waals surface area contributed by atoms with Gasteiger partial charge < -0.3 is 4.74 Å². The molecule has 0 N–H and O–H groups in total. The van der Waals surface area contributed by atoms with Crippen LogP contribution in [0.5, 0.6) is 5.75 Å². The van der Waals surface area contributed by atoms with Crippen molar-refractivity contribution in [3.8, 4) is 5.75 Å². The molecule has 7 heteroatoms. The van der Waals surface area contributed by atoms with Crippen LogP contribution in [-0.4, -0.2) is 22.8 Å². The van der Waals surface area contributed by atoms with Crippen LogP contribution < -0.4 is 4.74 Å². The molecule has 0 radical (unpaired) electrons. The molecule has 72 valence electrons. The highest BCUT2D eigenvalue weighted by Crippen LogP contribution is 2.17. The van der Waals surface area contributed by atoms with Gasteiger partial charge in [-0.15, -0.1) is 0 Å². The molecular formula is C6H4BrF3N2O. The number of aromatic nitrogens is 2. The number of alkyl halides is 3. The largest absolute Gasteiger partial charge is 0.481 e. The molecule has 1 aromatic heterocycles. The zero-order valence-electron chi connectivity index (χ0n) is 6.18. The minimum absolute atomic E-state index is 0.0134. The molecule has 0 saturated heterocycles. The lowest BCUT2D eigenvalue weighted by Gasteiger charge is -2.07. The lowest BCUT2D eigenvalue weighted by molar-refractivity contribution is -0.153. The number of nitrogens with zero attached hydrogens (tertiary/aromatic N) is 2. The van der Waals surface area contributed by atoms with E-state index in [1.54, 1.807) is 0 Å². The number of ether oxygens (including phenoxy) is 1. The molecule has 0 fully saturated rings. The average molecular weight is 257 g/mol. The lowest BCUT2D eigenvalue weighted by Crippen LogP contribution is -2.19. The molecule has 0 aromatic carbocycles. The molecule has 0 amide bonds. The summed E-state index contributed by atoms with van der Waals surface area (Å²) in [5, 5.41) is 0. The Balaban J connectivity index is 2.51. The van der Waals surface area contributed by atoms with Crippen LogP contribution >= 0.6 is 15.9 Å². The first-order valence-corrected chi connectivity index (χ1v) is 3.94. The molecule has 0 unspecified atom stereocenters. The second-order valence-electron chi connectivity index (χ2n) is 2.09. The van der Waals surface area contributed by atoms with Crippen molar-refractivity contribution in [1.82, 2.24) is 9.97 Å². The summed E-state index contributed by atoms with van der Waals surface area (Å²) in [7, 11) is 0. The summed E-state index contributed by atoms with van der Waals surface area (Å²) in [6.45, 7) is -1.34. The van der Waals surface area contributed by atoms with E-state index >= 15 is 0 Å². The summed E-state index contributed by atoms with van der Waals surface area (Å²) in [6, 6.07) is 0. The number of hydrogen-bond acceptors (Lipinski definition) is 3. The van der Waals surface area contributed by atoms with E-state index in [0.717, 1.165) is 12.4 Å². The molecular weight excluding hydrogens is 253 g/mol. The minimum Gasteiger partial charge on any atom is -0.481 e. The third-order valence-electron chi connectivity index (χ3n) is 0.999. The molecule has 0 bridgehead atoms. The van der Waals surface area contributed by atoms with Gasteiger partial charge in [-0.2, -0.15) is 13.2 Å². The van der Waals surface area contributed by atoms with Crippen LogP contribution in [0.1, 0.15) is 0 Å². The summed E-state index contributed by atoms with van der Waals surface area (Å²) >= 11 is 2.94. The van der Waals surface area contributed by atoms with E-state index in [9.17, 15) is 13.2 Å². The van der Waals surface area contributed by atoms with Crippen LogP contribution in [0, 0.1) is 0 Å². The Kier molecular flexibility index (Phi) is 3.07. The Labute approximate surface area is 80.1 Å². The normalized spacial score (nSPS) is 11.4. The van der Waals surface area contributed by atoms with E-state index in [0.29, 0.717) is 4.73 Å². The fourth-order valence-corrected chi connectivity index (χ4v) is 0.745. The van der Waals surface area contributed by atoms with E-state index in [4.69, 9.17) is 0 Å². The summed E-state index contributed by atoms with van der Waals surface area (Å²) in [4.78, 5) is 7.19. The average Bonchev–Trinajstić information content (AvgIpc) is 2.02. The highest BCUT2D eigenvalue weighted by molar-refractivity contribution is 9.10. The van der Waals surface area contributed by atoms with Crippen LogP contribution in [0.25, 0.3) is 0 Å². The predicted molar refractivity (Wildman–Crippen MR) is 41.3 cm³/mol. The predicted octanol–water partition coefficient (Wildman–Crippen LogP) is 2.18. The topological polar surface area (TPSA) is 35.0 Å². The van der Waals surface area contributed by atoms with Crippen LogP contribution in [-0.2, 0) is 0 Å². The Bertz CT molecular complexity index is 274. The van der Waals surface area contributed by atoms with Crippen molar-refractivity contribution >= 4 is 15.9 Å². The van der Waals surface area contributed by atoms with Gasteiger partial charge >= 0.3 is 6.18 Å². The third-order valence-corrected chi connectivity index (χ3v) is 1.41. The fourth-order valence-electron chi connectivity index (χ4n) is 0.540. The summed E-state index contributed by atoms with van der Waals surface area (Å²) in [5.74, 6) is -0.0134. The number of hydrogen-bond donors (Lipinski definition) is 0. The highest BCUT2D eigenvalue weighted by Gasteiger charge is 2.28. The molecule has 3 nitrogen and oxygen atoms in total. The molecule has 0 saturated carbocycles. The molecule has 0 aliphatic rings. The van der Waals surface area contributed by atoms with Gasteiger partial charge in [0.25, 0.3) is 0 Å². The lowest BCUT2D eigenvalue weighted by atomic mass is 10.6. The third kappa shape index (κ3) is 4.07. The van der Waals surface area contributed by atoms with Crippen molar-refractivity contribution in [3.63, 3.8) is 0 Å². The van der Waals surface area contributed by atoms with Gasteiger partial charge in [-0.25, -0.2) is 9.97 Å². The molecule has 0 atom stereocenters. The van der Waals surface area contributed by atoms with E-state index in [2.05, 4.69) is 30.6 Å². The Morgan fingerprint density at radius 3 is 2.31 bits per heavy atom. The van der Waals surface area contributed by atoms with E-state index < -0.39 is 12.8 Å². The first-order chi connectivity index (χ1) is 5.97. The van der Waals surface area contributed by atoms with Crippen LogP contribution in [0.4, 0.5) is 13.2 Å². The van der Waals surface area contributed by atoms with E-state index in [1.807, 2.05) is 0 Å². The second-order valence-corrected chi connectivity index (χ2v) is 2.80. The monoisotopic (exact) mass is 256 g/mol. The van der Waals surface area contributed by atoms with Crippen molar-refractivity contribution in [2.45, 2.75) is 6.18 Å². The number of rotatable bonds is 2. The van der Waals surface area contributed by atoms with Gasteiger partial charge in [0.1, 0.15) is 0 Å². The quantitative estimate of drug-likeness (QED) is 0.761. The van der Waals surface area contributed by atoms with Crippen molar-refractivity contribution in [2.75, 3.05) is 6.61 Å². The van der Waals surface area contributed by atoms with Crippen molar-refractivity contribution in [1.29, 1.82) is 0 Å². The molecule has 0 spiro atoms. The molecule has 0 aliphatic heterocycles. The summed E-state index contributed by atoms with van der Waals surface area (Å²) in [6.07, 6.45) is -2.03. The van der Waals surface area contributed by atoms with Crippen molar-refractivity contribution in [3.05, 3.63) is 17.1 Å². The minimum atomic E-state index is -4.34. The molecule has 1 heterocycles. The van der Waals surface area contributed by atoms with Gasteiger partial charge in [0.05, 0.1) is 12.4 Å². The van der Waals surface area contributed by atoms with Gasteiger partial charge in [-0.05, 0) is 15.9 Å². The Hall–Kier alpha value is -0.850. The Morgan fingerprint density at radius 2 is 1.85 bits per heavy atom. The van der Waals surface area contributed by atoms with Gasteiger partial charge in [-0.3, -0.25) is 0 Å². The van der Waals surface area contributed by atoms with Crippen molar-refractivity contribution in [2.24, 2.45) is 0 Å². The SMILES string of the molecule is FC(F)(F)COc1cnc(Br)nc1. The maximum atomic E-state index is 11.6. The molecule has 1 rings (SSSR count). The van der Waals surface area contributed by atoms with Gasteiger partial charge in [0.2, 0.25) is 0 Å². The second kappa shape index (κ2) is 3.91. The van der Waals surface area contributed by atoms with E-state index in [1.165, 1.54) is 0 Å². The first-order valence-electron chi connectivity index (χ1n) is 3.14. The van der Waals surface area contributed by atoms with Crippen LogP contribution in [0.15, 0.2) is 17.1 Å². The smallest absolute Gasteiger partial charge is 0.422 e. The summed E-state index contributed by atoms with van der Waals surface area (Å²) in [5.41, 5.74) is 0. The maximum Gasteiger partial charge on any atom is 0.422 e. The number of halogens is 4. The fraction of sp³-hybridized carbons (Fsp3) is 0.333. The zero-order valence-corrected chi connectivity index (χ0v) is 7.76. The standard InChI is InChI=1S/C6H4BrF3N2O/c7-5-11-1-4(2-12-5)13-3-6(8,9)10/h1-2H,3H2. The van der Waals surface area contributed by atoms with Gasteiger partial charge in [-0.1, -0.05) is 0 Å². The van der Waals surface area contributed by atoms with Crippen LogP contribution in [0.3, 0.4) is 0 Å². The zero-order chi connectivity index (χ0) is 9.90. The van der Waals surface area contributed by atoms with Crippen LogP contribution in [0.2, 0.25) is 0 Å². The first kappa shape index (κ1) is 10.2. The van der Waals surface area contributed by atoms with Gasteiger partial charge in [0.15, 0.2) is 17.1 Å². The molecule has 1 aromatic rings. The molecule has 13 heavy (non-hydrogen) atoms. The Morgan fingerprint density at radius 1 is 1.31 bits per heavy atom. The van der Waals surface area contributed by atoms with Crippen molar-refractivity contribution < 1.29 is 17.9 Å². The van der Waals surface area contributed by atoms with E-state index in [-0.39, 0.29) is 5.75 Å². The molecule has 0 aliphatic carbocycles.